The zero-order chi connectivity index (χ0) is 14.8. The molecule has 112 valence electrons. The van der Waals surface area contributed by atoms with Crippen LogP contribution in [0.1, 0.15) is 51.8 Å². The van der Waals surface area contributed by atoms with E-state index in [-0.39, 0.29) is 6.09 Å². The largest absolute Gasteiger partial charge is 0.444 e. The van der Waals surface area contributed by atoms with Gasteiger partial charge in [-0.25, -0.2) is 9.78 Å². The summed E-state index contributed by atoms with van der Waals surface area (Å²) in [5.41, 5.74) is -0.453. The van der Waals surface area contributed by atoms with Gasteiger partial charge in [-0.05, 0) is 56.2 Å². The number of ether oxygens (including phenoxy) is 1. The maximum atomic E-state index is 11.6. The van der Waals surface area contributed by atoms with Crippen LogP contribution in [0.4, 0.5) is 4.79 Å². The minimum atomic E-state index is -0.453. The predicted molar refractivity (Wildman–Crippen MR) is 85.8 cm³/mol. The number of hydrogen-bond donors (Lipinski definition) is 1. The minimum absolute atomic E-state index is 0.363. The van der Waals surface area contributed by atoms with Crippen molar-refractivity contribution in [3.8, 4) is 0 Å². The number of nitrogens with one attached hydrogen (secondary N) is 1. The summed E-state index contributed by atoms with van der Waals surface area (Å²) < 4.78 is 8.39. The van der Waals surface area contributed by atoms with Crippen LogP contribution in [0, 0.1) is 3.70 Å². The Morgan fingerprint density at radius 2 is 2.25 bits per heavy atom. The molecule has 0 aliphatic heterocycles. The topological polar surface area (TPSA) is 56.1 Å². The Hall–Kier alpha value is -0.790. The Morgan fingerprint density at radius 1 is 1.55 bits per heavy atom. The molecule has 2 rings (SSSR count). The Kier molecular flexibility index (Phi) is 4.93. The fraction of sp³-hybridized carbons (Fsp3) is 0.714. The number of rotatable bonds is 4. The molecule has 1 heterocycles. The summed E-state index contributed by atoms with van der Waals surface area (Å²) in [6.07, 6.45) is 5.44. The maximum absolute atomic E-state index is 11.6. The van der Waals surface area contributed by atoms with E-state index in [4.69, 9.17) is 4.74 Å². The second-order valence-electron chi connectivity index (χ2n) is 6.17. The molecule has 1 aromatic rings. The normalized spacial score (nSPS) is 15.8. The van der Waals surface area contributed by atoms with Crippen molar-refractivity contribution in [2.45, 2.75) is 58.1 Å². The quantitative estimate of drug-likeness (QED) is 0.802. The number of carbonyl (C=O) groups excluding carboxylic acids is 1. The van der Waals surface area contributed by atoms with Crippen molar-refractivity contribution in [1.29, 1.82) is 0 Å². The van der Waals surface area contributed by atoms with E-state index in [0.29, 0.717) is 12.5 Å². The van der Waals surface area contributed by atoms with Gasteiger partial charge in [-0.2, -0.15) is 0 Å². The first kappa shape index (κ1) is 15.6. The second-order valence-corrected chi connectivity index (χ2v) is 7.28. The molecular formula is C14H22IN3O2. The lowest BCUT2D eigenvalue weighted by molar-refractivity contribution is 0.0526. The molecule has 6 heteroatoms. The number of halogens is 1. The number of alkyl carbamates (subject to hydrolysis) is 1. The van der Waals surface area contributed by atoms with Crippen LogP contribution >= 0.6 is 22.6 Å². The van der Waals surface area contributed by atoms with E-state index in [2.05, 4.69) is 37.5 Å². The van der Waals surface area contributed by atoms with Crippen LogP contribution in [-0.4, -0.2) is 27.8 Å². The van der Waals surface area contributed by atoms with Gasteiger partial charge < -0.3 is 14.6 Å². The average molecular weight is 391 g/mol. The van der Waals surface area contributed by atoms with E-state index in [9.17, 15) is 4.79 Å². The van der Waals surface area contributed by atoms with Crippen molar-refractivity contribution >= 4 is 28.7 Å². The zero-order valence-corrected chi connectivity index (χ0v) is 14.4. The SMILES string of the molecule is CC(C)(C)OC(=O)NCCn1cc(I)nc1C1CCC1. The Bertz CT molecular complexity index is 475. The fourth-order valence-corrected chi connectivity index (χ4v) is 2.74. The molecule has 0 atom stereocenters. The standard InChI is InChI=1S/C14H22IN3O2/c1-14(2,3)20-13(19)16-7-8-18-9-11(15)17-12(18)10-5-4-6-10/h9-10H,4-8H2,1-3H3,(H,16,19). The lowest BCUT2D eigenvalue weighted by atomic mass is 9.85. The lowest BCUT2D eigenvalue weighted by Crippen LogP contribution is -2.34. The van der Waals surface area contributed by atoms with Gasteiger partial charge in [0.1, 0.15) is 15.1 Å². The molecule has 1 amide bonds. The van der Waals surface area contributed by atoms with Gasteiger partial charge in [-0.3, -0.25) is 0 Å². The van der Waals surface area contributed by atoms with Crippen LogP contribution in [0.25, 0.3) is 0 Å². The van der Waals surface area contributed by atoms with Gasteiger partial charge in [0.2, 0.25) is 0 Å². The molecule has 1 aliphatic carbocycles. The first-order valence-corrected chi connectivity index (χ1v) is 8.12. The van der Waals surface area contributed by atoms with Gasteiger partial charge in [0.25, 0.3) is 0 Å². The van der Waals surface area contributed by atoms with E-state index in [1.165, 1.54) is 19.3 Å². The van der Waals surface area contributed by atoms with Crippen LogP contribution in [0.5, 0.6) is 0 Å². The number of hydrogen-bond acceptors (Lipinski definition) is 3. The Morgan fingerprint density at radius 3 is 2.80 bits per heavy atom. The summed E-state index contributed by atoms with van der Waals surface area (Å²) >= 11 is 2.24. The minimum Gasteiger partial charge on any atom is -0.444 e. The fourth-order valence-electron chi connectivity index (χ4n) is 2.16. The third kappa shape index (κ3) is 4.36. The van der Waals surface area contributed by atoms with E-state index in [1.54, 1.807) is 0 Å². The highest BCUT2D eigenvalue weighted by atomic mass is 127. The van der Waals surface area contributed by atoms with Gasteiger partial charge in [-0.1, -0.05) is 6.42 Å². The molecule has 0 spiro atoms. The molecular weight excluding hydrogens is 369 g/mol. The van der Waals surface area contributed by atoms with Crippen LogP contribution in [-0.2, 0) is 11.3 Å². The molecule has 0 unspecified atom stereocenters. The van der Waals surface area contributed by atoms with E-state index < -0.39 is 5.60 Å². The third-order valence-corrected chi connectivity index (χ3v) is 3.79. The summed E-state index contributed by atoms with van der Waals surface area (Å²) in [5.74, 6) is 1.76. The number of nitrogens with zero attached hydrogens (tertiary/aromatic N) is 2. The maximum Gasteiger partial charge on any atom is 0.407 e. The average Bonchev–Trinajstić information content (AvgIpc) is 2.54. The van der Waals surface area contributed by atoms with Crippen molar-refractivity contribution < 1.29 is 9.53 Å². The van der Waals surface area contributed by atoms with Crippen LogP contribution in [0.2, 0.25) is 0 Å². The number of aromatic nitrogens is 2. The lowest BCUT2D eigenvalue weighted by Gasteiger charge is -2.25. The van der Waals surface area contributed by atoms with Crippen molar-refractivity contribution in [1.82, 2.24) is 14.9 Å². The molecule has 20 heavy (non-hydrogen) atoms. The molecule has 1 N–H and O–H groups in total. The van der Waals surface area contributed by atoms with E-state index >= 15 is 0 Å². The highest BCUT2D eigenvalue weighted by molar-refractivity contribution is 14.1. The van der Waals surface area contributed by atoms with Crippen LogP contribution in [0.3, 0.4) is 0 Å². The monoisotopic (exact) mass is 391 g/mol. The highest BCUT2D eigenvalue weighted by Crippen LogP contribution is 2.35. The van der Waals surface area contributed by atoms with Crippen molar-refractivity contribution in [3.63, 3.8) is 0 Å². The molecule has 0 radical (unpaired) electrons. The first-order chi connectivity index (χ1) is 9.35. The summed E-state index contributed by atoms with van der Waals surface area (Å²) in [6, 6.07) is 0. The molecule has 5 nitrogen and oxygen atoms in total. The second kappa shape index (κ2) is 6.32. The van der Waals surface area contributed by atoms with Gasteiger partial charge in [0, 0.05) is 25.2 Å². The molecule has 1 saturated carbocycles. The first-order valence-electron chi connectivity index (χ1n) is 7.04. The highest BCUT2D eigenvalue weighted by Gasteiger charge is 2.24. The van der Waals surface area contributed by atoms with Gasteiger partial charge in [0.15, 0.2) is 0 Å². The summed E-state index contributed by atoms with van der Waals surface area (Å²) in [6.45, 7) is 6.88. The van der Waals surface area contributed by atoms with E-state index in [1.807, 2.05) is 27.0 Å². The smallest absolute Gasteiger partial charge is 0.407 e. The Balaban J connectivity index is 1.83. The van der Waals surface area contributed by atoms with Crippen molar-refractivity contribution in [3.05, 3.63) is 15.7 Å². The molecule has 1 aliphatic rings. The van der Waals surface area contributed by atoms with Crippen LogP contribution in [0.15, 0.2) is 6.20 Å². The number of carbonyl (C=O) groups is 1. The molecule has 0 aromatic carbocycles. The molecule has 1 fully saturated rings. The van der Waals surface area contributed by atoms with Crippen molar-refractivity contribution in [2.75, 3.05) is 6.54 Å². The zero-order valence-electron chi connectivity index (χ0n) is 12.3. The van der Waals surface area contributed by atoms with Crippen LogP contribution < -0.4 is 5.32 Å². The number of amides is 1. The van der Waals surface area contributed by atoms with Gasteiger partial charge in [-0.15, -0.1) is 0 Å². The molecule has 1 aromatic heterocycles. The number of imidazole rings is 1. The van der Waals surface area contributed by atoms with Gasteiger partial charge in [0.05, 0.1) is 0 Å². The van der Waals surface area contributed by atoms with Crippen molar-refractivity contribution in [2.24, 2.45) is 0 Å². The summed E-state index contributed by atoms with van der Waals surface area (Å²) in [4.78, 5) is 16.2. The summed E-state index contributed by atoms with van der Waals surface area (Å²) in [5, 5.41) is 2.79. The Labute approximate surface area is 133 Å². The third-order valence-electron chi connectivity index (χ3n) is 3.27. The van der Waals surface area contributed by atoms with Gasteiger partial charge >= 0.3 is 6.09 Å². The predicted octanol–water partition coefficient (Wildman–Crippen LogP) is 3.28. The summed E-state index contributed by atoms with van der Waals surface area (Å²) in [7, 11) is 0. The molecule has 0 saturated heterocycles. The molecule has 0 bridgehead atoms. The van der Waals surface area contributed by atoms with E-state index in [0.717, 1.165) is 16.1 Å².